The van der Waals surface area contributed by atoms with Gasteiger partial charge in [0.2, 0.25) is 0 Å². The first-order chi connectivity index (χ1) is 20.8. The van der Waals surface area contributed by atoms with Gasteiger partial charge in [-0.2, -0.15) is 0 Å². The van der Waals surface area contributed by atoms with E-state index in [1.54, 1.807) is 0 Å². The maximum absolute atomic E-state index is 5.08. The van der Waals surface area contributed by atoms with Gasteiger partial charge in [0.1, 0.15) is 0 Å². The maximum atomic E-state index is 5.08. The van der Waals surface area contributed by atoms with Gasteiger partial charge >= 0.3 is 0 Å². The smallest absolute Gasteiger partial charge is 0.0978 e. The highest BCUT2D eigenvalue weighted by Crippen LogP contribution is 2.40. The molecule has 3 aromatic heterocycles. The molecule has 4 heteroatoms. The summed E-state index contributed by atoms with van der Waals surface area (Å²) in [5.41, 5.74) is 10.9. The summed E-state index contributed by atoms with van der Waals surface area (Å²) in [6.45, 7) is 0.825. The molecule has 4 heterocycles. The van der Waals surface area contributed by atoms with E-state index < -0.39 is 0 Å². The summed E-state index contributed by atoms with van der Waals surface area (Å²) in [7, 11) is 0. The molecule has 0 unspecified atom stereocenters. The summed E-state index contributed by atoms with van der Waals surface area (Å²) in [6.07, 6.45) is 8.08. The molecule has 8 aromatic rings. The quantitative estimate of drug-likeness (QED) is 0.177. The van der Waals surface area contributed by atoms with Crippen LogP contribution < -0.4 is 5.32 Å². The van der Waals surface area contributed by atoms with Gasteiger partial charge in [-0.15, -0.1) is 0 Å². The Kier molecular flexibility index (Phi) is 4.93. The molecule has 1 aliphatic heterocycles. The van der Waals surface area contributed by atoms with Crippen molar-refractivity contribution < 1.29 is 0 Å². The molecule has 5 aromatic carbocycles. The number of hydrogen-bond acceptors (Lipinski definition) is 4. The van der Waals surface area contributed by atoms with Crippen molar-refractivity contribution in [1.29, 1.82) is 0 Å². The highest BCUT2D eigenvalue weighted by atomic mass is 14.9. The number of benzene rings is 5. The summed E-state index contributed by atoms with van der Waals surface area (Å²) < 4.78 is 0. The summed E-state index contributed by atoms with van der Waals surface area (Å²) in [4.78, 5) is 14.5. The Morgan fingerprint density at radius 1 is 0.571 bits per heavy atom. The number of hydrogen-bond donors (Lipinski definition) is 1. The molecule has 0 spiro atoms. The summed E-state index contributed by atoms with van der Waals surface area (Å²) >= 11 is 0. The molecule has 9 rings (SSSR count). The van der Waals surface area contributed by atoms with E-state index >= 15 is 0 Å². The van der Waals surface area contributed by atoms with Crippen LogP contribution in [-0.4, -0.2) is 21.5 Å². The molecule has 0 atom stereocenters. The first-order valence-electron chi connectivity index (χ1n) is 14.2. The average Bonchev–Trinajstić information content (AvgIpc) is 3.06. The molecule has 1 aliphatic rings. The van der Waals surface area contributed by atoms with E-state index in [1.165, 1.54) is 38.6 Å². The Morgan fingerprint density at radius 2 is 1.33 bits per heavy atom. The van der Waals surface area contributed by atoms with Gasteiger partial charge < -0.3 is 5.32 Å². The zero-order chi connectivity index (χ0) is 27.6. The van der Waals surface area contributed by atoms with Crippen LogP contribution >= 0.6 is 0 Å². The monoisotopic (exact) mass is 536 g/mol. The topological polar surface area (TPSA) is 50.7 Å². The Balaban J connectivity index is 1.25. The van der Waals surface area contributed by atoms with E-state index in [0.717, 1.165) is 55.8 Å². The number of anilines is 1. The summed E-state index contributed by atoms with van der Waals surface area (Å²) in [5, 5.41) is 10.4. The lowest BCUT2D eigenvalue weighted by Crippen LogP contribution is -2.06. The number of pyridine rings is 3. The number of nitrogens with one attached hydrogen (secondary N) is 1. The fourth-order valence-corrected chi connectivity index (χ4v) is 6.54. The van der Waals surface area contributed by atoms with Crippen LogP contribution in [0.15, 0.2) is 122 Å². The normalized spacial score (nSPS) is 12.8. The minimum atomic E-state index is 0.825. The van der Waals surface area contributed by atoms with Crippen molar-refractivity contribution in [3.05, 3.63) is 127 Å². The van der Waals surface area contributed by atoms with E-state index in [4.69, 9.17) is 15.0 Å². The van der Waals surface area contributed by atoms with Crippen molar-refractivity contribution in [1.82, 2.24) is 15.0 Å². The maximum Gasteiger partial charge on any atom is 0.0978 e. The number of para-hydroxylation sites is 1. The third kappa shape index (κ3) is 3.45. The van der Waals surface area contributed by atoms with Crippen molar-refractivity contribution in [2.24, 2.45) is 0 Å². The van der Waals surface area contributed by atoms with Crippen molar-refractivity contribution in [3.63, 3.8) is 0 Å². The molecule has 0 aliphatic carbocycles. The van der Waals surface area contributed by atoms with Gasteiger partial charge in [-0.25, -0.2) is 4.98 Å². The van der Waals surface area contributed by atoms with Gasteiger partial charge in [-0.1, -0.05) is 78.9 Å². The predicted octanol–water partition coefficient (Wildman–Crippen LogP) is 9.41. The van der Waals surface area contributed by atoms with Crippen LogP contribution in [0.4, 0.5) is 5.69 Å². The number of fused-ring (bicyclic) bond motifs is 8. The van der Waals surface area contributed by atoms with Crippen LogP contribution in [0.5, 0.6) is 0 Å². The van der Waals surface area contributed by atoms with Crippen LogP contribution in [0.1, 0.15) is 5.56 Å². The average molecular weight is 537 g/mol. The Bertz CT molecular complexity index is 2420. The van der Waals surface area contributed by atoms with Crippen molar-refractivity contribution in [2.75, 3.05) is 11.9 Å². The second kappa shape index (κ2) is 8.95. The fraction of sp³-hybridized carbons (Fsp3) is 0.0263. The van der Waals surface area contributed by atoms with Gasteiger partial charge in [0.05, 0.1) is 27.8 Å². The highest BCUT2D eigenvalue weighted by molar-refractivity contribution is 6.16. The van der Waals surface area contributed by atoms with Crippen LogP contribution in [0.2, 0.25) is 0 Å². The second-order valence-electron chi connectivity index (χ2n) is 10.9. The predicted molar refractivity (Wildman–Crippen MR) is 176 cm³/mol. The summed E-state index contributed by atoms with van der Waals surface area (Å²) in [5.74, 6) is 0. The first-order valence-corrected chi connectivity index (χ1v) is 14.2. The molecule has 42 heavy (non-hydrogen) atoms. The highest BCUT2D eigenvalue weighted by Gasteiger charge is 2.17. The van der Waals surface area contributed by atoms with Gasteiger partial charge in [-0.3, -0.25) is 9.97 Å². The van der Waals surface area contributed by atoms with Crippen molar-refractivity contribution in [2.45, 2.75) is 0 Å². The Labute approximate surface area is 242 Å². The molecule has 0 bridgehead atoms. The third-order valence-electron chi connectivity index (χ3n) is 8.48. The lowest BCUT2D eigenvalue weighted by atomic mass is 9.91. The lowest BCUT2D eigenvalue weighted by molar-refractivity contribution is 1.30. The SMILES string of the molecule is C1=Cc2cc(-c3ccc4cc(-c5c6ccccc6nc6c5ccc5cccnc56)ccc4c3)c3cccnc3c2NC1. The van der Waals surface area contributed by atoms with E-state index in [1.807, 2.05) is 24.5 Å². The standard InChI is InChI=1S/C38H24N4/c1-2-10-33-30(8-1)34(31-16-15-23-6-3-17-39-35(23)38(31)42-33)27-14-12-24-20-26(13-11-25(24)21-27)32-22-28-7-4-18-40-36(28)37-29(32)9-5-19-41-37/h1-17,19-22,40H,18H2. The molecule has 0 fully saturated rings. The Hall–Kier alpha value is -5.61. The van der Waals surface area contributed by atoms with Gasteiger partial charge in [0.15, 0.2) is 0 Å². The molecule has 196 valence electrons. The summed E-state index contributed by atoms with van der Waals surface area (Å²) in [6, 6.07) is 36.9. The van der Waals surface area contributed by atoms with Crippen LogP contribution in [0.3, 0.4) is 0 Å². The van der Waals surface area contributed by atoms with Crippen LogP contribution in [-0.2, 0) is 0 Å². The van der Waals surface area contributed by atoms with E-state index in [0.29, 0.717) is 0 Å². The molecule has 0 saturated carbocycles. The van der Waals surface area contributed by atoms with Gasteiger partial charge in [-0.05, 0) is 63.9 Å². The van der Waals surface area contributed by atoms with Crippen molar-refractivity contribution >= 4 is 66.1 Å². The zero-order valence-corrected chi connectivity index (χ0v) is 22.7. The largest absolute Gasteiger partial charge is 0.379 e. The molecule has 4 nitrogen and oxygen atoms in total. The molecule has 0 radical (unpaired) electrons. The van der Waals surface area contributed by atoms with Crippen LogP contribution in [0, 0.1) is 0 Å². The first kappa shape index (κ1) is 23.1. The molecule has 1 N–H and O–H groups in total. The minimum absolute atomic E-state index is 0.825. The molecular weight excluding hydrogens is 512 g/mol. The number of nitrogens with zero attached hydrogens (tertiary/aromatic N) is 3. The number of rotatable bonds is 2. The molecule has 0 amide bonds. The lowest BCUT2D eigenvalue weighted by Gasteiger charge is -2.18. The second-order valence-corrected chi connectivity index (χ2v) is 10.9. The minimum Gasteiger partial charge on any atom is -0.379 e. The molecular formula is C38H24N4. The van der Waals surface area contributed by atoms with E-state index in [2.05, 4.69) is 108 Å². The van der Waals surface area contributed by atoms with Gasteiger partial charge in [0, 0.05) is 51.6 Å². The van der Waals surface area contributed by atoms with E-state index in [-0.39, 0.29) is 0 Å². The number of aromatic nitrogens is 3. The molecule has 0 saturated heterocycles. The van der Waals surface area contributed by atoms with Crippen molar-refractivity contribution in [3.8, 4) is 22.3 Å². The van der Waals surface area contributed by atoms with Gasteiger partial charge in [0.25, 0.3) is 0 Å². The van der Waals surface area contributed by atoms with Crippen LogP contribution in [0.25, 0.3) is 82.7 Å². The fourth-order valence-electron chi connectivity index (χ4n) is 6.54. The Morgan fingerprint density at radius 3 is 2.26 bits per heavy atom. The third-order valence-corrected chi connectivity index (χ3v) is 8.48. The zero-order valence-electron chi connectivity index (χ0n) is 22.7. The van der Waals surface area contributed by atoms with E-state index in [9.17, 15) is 0 Å².